The van der Waals surface area contributed by atoms with Crippen LogP contribution in [-0.2, 0) is 4.79 Å². The fraction of sp³-hybridized carbons (Fsp3) is 0.636. The number of rotatable bonds is 5. The summed E-state index contributed by atoms with van der Waals surface area (Å²) in [5, 5.41) is 26.6. The summed E-state index contributed by atoms with van der Waals surface area (Å²) in [4.78, 5) is 10.7. The van der Waals surface area contributed by atoms with Gasteiger partial charge in [0.05, 0.1) is 11.8 Å². The Kier molecular flexibility index (Phi) is 5.17. The smallest absolute Gasteiger partial charge is 0.185 e. The van der Waals surface area contributed by atoms with E-state index in [4.69, 9.17) is 0 Å². The van der Waals surface area contributed by atoms with Gasteiger partial charge in [0.1, 0.15) is 6.10 Å². The second-order valence-corrected chi connectivity index (χ2v) is 5.26. The maximum Gasteiger partial charge on any atom is 0.185 e. The third-order valence-electron chi connectivity index (χ3n) is 2.56. The van der Waals surface area contributed by atoms with E-state index in [2.05, 4.69) is 10.2 Å². The molecule has 0 amide bonds. The zero-order chi connectivity index (χ0) is 13.0. The summed E-state index contributed by atoms with van der Waals surface area (Å²) >= 11 is 1.15. The van der Waals surface area contributed by atoms with Gasteiger partial charge in [0.2, 0.25) is 0 Å². The lowest BCUT2D eigenvalue weighted by atomic mass is 10.0. The Hall–Kier alpha value is -0.850. The molecule has 1 rings (SSSR count). The Morgan fingerprint density at radius 1 is 1.47 bits per heavy atom. The molecule has 2 unspecified atom stereocenters. The molecule has 3 N–H and O–H groups in total. The van der Waals surface area contributed by atoms with E-state index in [1.165, 1.54) is 6.92 Å². The van der Waals surface area contributed by atoms with Gasteiger partial charge in [0.15, 0.2) is 5.12 Å². The number of aliphatic hydroxyl groups excluding tert-OH is 2. The lowest BCUT2D eigenvalue weighted by Crippen LogP contribution is -2.20. The minimum atomic E-state index is -0.957. The van der Waals surface area contributed by atoms with Crippen LogP contribution in [0.25, 0.3) is 0 Å². The number of aryl methyl sites for hydroxylation is 2. The molecule has 0 spiro atoms. The van der Waals surface area contributed by atoms with Crippen molar-refractivity contribution >= 4 is 16.9 Å². The van der Waals surface area contributed by atoms with Crippen molar-refractivity contribution in [3.63, 3.8) is 0 Å². The molecular weight excluding hydrogens is 240 g/mol. The van der Waals surface area contributed by atoms with Crippen LogP contribution in [0.15, 0.2) is 0 Å². The molecule has 17 heavy (non-hydrogen) atoms. The number of aromatic nitrogens is 2. The molecule has 96 valence electrons. The molecule has 1 heterocycles. The Labute approximate surface area is 105 Å². The lowest BCUT2D eigenvalue weighted by molar-refractivity contribution is -0.109. The molecule has 0 bridgehead atoms. The van der Waals surface area contributed by atoms with Crippen molar-refractivity contribution in [1.82, 2.24) is 10.2 Å². The Morgan fingerprint density at radius 2 is 2.12 bits per heavy atom. The number of hydrogen-bond acceptors (Lipinski definition) is 5. The fourth-order valence-electron chi connectivity index (χ4n) is 1.67. The summed E-state index contributed by atoms with van der Waals surface area (Å²) in [6.45, 7) is 5.06. The topological polar surface area (TPSA) is 86.2 Å². The second-order valence-electron chi connectivity index (χ2n) is 3.99. The Morgan fingerprint density at radius 3 is 2.59 bits per heavy atom. The Bertz CT molecular complexity index is 373. The highest BCUT2D eigenvalue weighted by Gasteiger charge is 2.23. The second kappa shape index (κ2) is 6.18. The van der Waals surface area contributed by atoms with Crippen molar-refractivity contribution in [3.05, 3.63) is 17.0 Å². The van der Waals surface area contributed by atoms with E-state index in [1.807, 2.05) is 0 Å². The van der Waals surface area contributed by atoms with Crippen molar-refractivity contribution in [2.24, 2.45) is 0 Å². The highest BCUT2D eigenvalue weighted by atomic mass is 32.2. The molecule has 0 radical (unpaired) electrons. The van der Waals surface area contributed by atoms with Gasteiger partial charge in [-0.1, -0.05) is 11.8 Å². The number of nitrogens with one attached hydrogen (secondary N) is 1. The molecule has 0 aliphatic carbocycles. The third-order valence-corrected chi connectivity index (χ3v) is 3.41. The minimum absolute atomic E-state index is 0.0161. The summed E-state index contributed by atoms with van der Waals surface area (Å²) in [5.41, 5.74) is 2.09. The number of carbonyl (C=O) groups is 1. The first-order chi connectivity index (χ1) is 7.93. The summed E-state index contributed by atoms with van der Waals surface area (Å²) in [7, 11) is 0. The van der Waals surface area contributed by atoms with E-state index < -0.39 is 12.2 Å². The van der Waals surface area contributed by atoms with Crippen LogP contribution in [0.2, 0.25) is 0 Å². The quantitative estimate of drug-likeness (QED) is 0.736. The fourth-order valence-corrected chi connectivity index (χ4v) is 2.32. The number of hydrogen-bond donors (Lipinski definition) is 3. The van der Waals surface area contributed by atoms with Crippen molar-refractivity contribution in [3.8, 4) is 0 Å². The standard InChI is InChI=1S/C11H18N2O3S/c1-6-10(7(2)13-12-6)11(16)9(15)4-5-17-8(3)14/h9,11,15-16H,4-5H2,1-3H3,(H,12,13). The SMILES string of the molecule is CC(=O)SCCC(O)C(O)c1c(C)n[nH]c1C. The van der Waals surface area contributed by atoms with Gasteiger partial charge < -0.3 is 10.2 Å². The molecule has 0 aliphatic heterocycles. The van der Waals surface area contributed by atoms with E-state index >= 15 is 0 Å². The molecule has 0 saturated carbocycles. The van der Waals surface area contributed by atoms with E-state index in [9.17, 15) is 15.0 Å². The molecule has 6 heteroatoms. The molecule has 0 fully saturated rings. The van der Waals surface area contributed by atoms with Crippen LogP contribution in [0.1, 0.15) is 36.4 Å². The van der Waals surface area contributed by atoms with Crippen LogP contribution in [0.3, 0.4) is 0 Å². The van der Waals surface area contributed by atoms with Crippen LogP contribution < -0.4 is 0 Å². The molecule has 0 saturated heterocycles. The first-order valence-electron chi connectivity index (χ1n) is 5.44. The molecule has 2 atom stereocenters. The van der Waals surface area contributed by atoms with Crippen molar-refractivity contribution in [1.29, 1.82) is 0 Å². The van der Waals surface area contributed by atoms with Crippen LogP contribution in [0, 0.1) is 13.8 Å². The van der Waals surface area contributed by atoms with E-state index in [0.29, 0.717) is 23.4 Å². The highest BCUT2D eigenvalue weighted by Crippen LogP contribution is 2.24. The first-order valence-corrected chi connectivity index (χ1v) is 6.43. The minimum Gasteiger partial charge on any atom is -0.390 e. The van der Waals surface area contributed by atoms with E-state index in [1.54, 1.807) is 13.8 Å². The largest absolute Gasteiger partial charge is 0.390 e. The van der Waals surface area contributed by atoms with Gasteiger partial charge in [0.25, 0.3) is 0 Å². The number of H-pyrrole nitrogens is 1. The number of aromatic amines is 1. The van der Waals surface area contributed by atoms with Gasteiger partial charge in [-0.05, 0) is 20.3 Å². The Balaban J connectivity index is 2.57. The first kappa shape index (κ1) is 14.2. The lowest BCUT2D eigenvalue weighted by Gasteiger charge is -2.17. The van der Waals surface area contributed by atoms with Crippen LogP contribution in [-0.4, -0.2) is 37.4 Å². The third kappa shape index (κ3) is 3.83. The zero-order valence-corrected chi connectivity index (χ0v) is 11.0. The van der Waals surface area contributed by atoms with Crippen LogP contribution in [0.5, 0.6) is 0 Å². The predicted octanol–water partition coefficient (Wildman–Crippen LogP) is 1.09. The van der Waals surface area contributed by atoms with Crippen LogP contribution in [0.4, 0.5) is 0 Å². The van der Waals surface area contributed by atoms with Crippen molar-refractivity contribution in [2.45, 2.75) is 39.4 Å². The normalized spacial score (nSPS) is 14.6. The monoisotopic (exact) mass is 258 g/mol. The average molecular weight is 258 g/mol. The summed E-state index contributed by atoms with van der Waals surface area (Å²) in [6, 6.07) is 0. The van der Waals surface area contributed by atoms with Gasteiger partial charge in [0, 0.05) is 23.9 Å². The van der Waals surface area contributed by atoms with Crippen molar-refractivity contribution in [2.75, 3.05) is 5.75 Å². The van der Waals surface area contributed by atoms with Gasteiger partial charge in [-0.15, -0.1) is 0 Å². The number of nitrogens with zero attached hydrogens (tertiary/aromatic N) is 1. The van der Waals surface area contributed by atoms with Gasteiger partial charge >= 0.3 is 0 Å². The van der Waals surface area contributed by atoms with E-state index in [0.717, 1.165) is 17.5 Å². The maximum atomic E-state index is 10.7. The molecule has 0 aliphatic rings. The van der Waals surface area contributed by atoms with Gasteiger partial charge in [-0.25, -0.2) is 0 Å². The molecule has 5 nitrogen and oxygen atoms in total. The summed E-state index contributed by atoms with van der Waals surface area (Å²) in [6.07, 6.45) is -1.46. The molecule has 1 aromatic rings. The van der Waals surface area contributed by atoms with E-state index in [-0.39, 0.29) is 5.12 Å². The zero-order valence-electron chi connectivity index (χ0n) is 10.2. The number of thioether (sulfide) groups is 1. The number of aliphatic hydroxyl groups is 2. The van der Waals surface area contributed by atoms with Crippen LogP contribution >= 0.6 is 11.8 Å². The number of carbonyl (C=O) groups excluding carboxylic acids is 1. The molecule has 1 aromatic heterocycles. The summed E-state index contributed by atoms with van der Waals surface area (Å²) < 4.78 is 0. The molecule has 0 aromatic carbocycles. The highest BCUT2D eigenvalue weighted by molar-refractivity contribution is 8.13. The summed E-state index contributed by atoms with van der Waals surface area (Å²) in [5.74, 6) is 0.503. The van der Waals surface area contributed by atoms with Gasteiger partial charge in [-0.3, -0.25) is 9.89 Å². The van der Waals surface area contributed by atoms with Gasteiger partial charge in [-0.2, -0.15) is 5.10 Å². The molecular formula is C11H18N2O3S. The average Bonchev–Trinajstić information content (AvgIpc) is 2.57. The maximum absolute atomic E-state index is 10.7. The van der Waals surface area contributed by atoms with Crippen molar-refractivity contribution < 1.29 is 15.0 Å². The predicted molar refractivity (Wildman–Crippen MR) is 66.8 cm³/mol.